The van der Waals surface area contributed by atoms with Crippen molar-refractivity contribution in [2.45, 2.75) is 134 Å². The van der Waals surface area contributed by atoms with E-state index in [1.165, 1.54) is 26.4 Å². The minimum atomic E-state index is -1.64. The highest BCUT2D eigenvalue weighted by Gasteiger charge is 2.50. The van der Waals surface area contributed by atoms with Crippen LogP contribution in [0.4, 0.5) is 0 Å². The molecular formula is C38H63N5O10. The van der Waals surface area contributed by atoms with E-state index in [4.69, 9.17) is 30.4 Å². The second kappa shape index (κ2) is 21.9. The Bertz CT molecular complexity index is 1330. The van der Waals surface area contributed by atoms with Gasteiger partial charge < -0.3 is 56.4 Å². The number of carboxylic acid groups (broad SMARTS) is 1. The van der Waals surface area contributed by atoms with Gasteiger partial charge in [-0.15, -0.1) is 0 Å². The minimum absolute atomic E-state index is 0.0473. The molecule has 0 saturated carbocycles. The number of methoxy groups -OCH3 is 2. The summed E-state index contributed by atoms with van der Waals surface area (Å²) in [5.41, 5.74) is 11.1. The van der Waals surface area contributed by atoms with E-state index in [1.807, 2.05) is 26.0 Å². The largest absolute Gasteiger partial charge is 0.480 e. The van der Waals surface area contributed by atoms with Crippen LogP contribution >= 0.6 is 0 Å². The monoisotopic (exact) mass is 749 g/mol. The lowest BCUT2D eigenvalue weighted by atomic mass is 9.76. The van der Waals surface area contributed by atoms with Crippen LogP contribution in [0.15, 0.2) is 53.6 Å². The molecule has 2 rings (SSSR count). The topological polar surface area (TPSA) is 237 Å². The van der Waals surface area contributed by atoms with Crippen molar-refractivity contribution in [2.24, 2.45) is 27.8 Å². The number of unbranched alkanes of at least 4 members (excludes halogenated alkanes) is 1. The van der Waals surface area contributed by atoms with Crippen LogP contribution in [0.2, 0.25) is 0 Å². The molecule has 2 fully saturated rings. The van der Waals surface area contributed by atoms with Gasteiger partial charge in [0.25, 0.3) is 5.91 Å². The van der Waals surface area contributed by atoms with Crippen LogP contribution in [-0.4, -0.2) is 108 Å². The molecule has 53 heavy (non-hydrogen) atoms. The van der Waals surface area contributed by atoms with Crippen LogP contribution in [0.5, 0.6) is 0 Å². The first-order valence-corrected chi connectivity index (χ1v) is 18.3. The number of ether oxygens (including phenoxy) is 4. The lowest BCUT2D eigenvalue weighted by molar-refractivity contribution is -0.298. The number of hydrogen-bond donors (Lipinski definition) is 7. The number of rotatable bonds is 21. The van der Waals surface area contributed by atoms with Crippen LogP contribution in [0.25, 0.3) is 0 Å². The highest BCUT2D eigenvalue weighted by molar-refractivity contribution is 5.91. The Balaban J connectivity index is 1.82. The predicted molar refractivity (Wildman–Crippen MR) is 201 cm³/mol. The standard InChI is InChI=1S/C38H63N5O10/c1-24-23-38(51-7,53-26(3)25(24)2)32(46)33(47)43-34(50-6)29-19-20-37(4,5)30(52-29)22-27(44)16-13-11-9-8-10-12-14-18-31(45)42-28(35(48)49)17-15-21-41-36(39)40/h8-10,12,14,18,25-30,32,34,44,46H,1,11,13,15-17,19-23H2,2-7H3,(H,42,45)(H,43,47)(H,48,49)(H4,39,40,41)/b9-8+,12-10+,18-14+/t25-,26-,27-,28+,29+,30-,32-,34+,38-/m1/s1. The molecule has 2 aliphatic rings. The first-order chi connectivity index (χ1) is 25.0. The number of carbonyl (C=O) groups is 3. The first kappa shape index (κ1) is 45.6. The maximum Gasteiger partial charge on any atom is 0.326 e. The molecule has 0 aliphatic carbocycles. The SMILES string of the molecule is C=C1C[C@](OC)([C@H](O)C(=O)N[C@@H](OC)[C@@H]2CCC(C)(C)[C@@H](C[C@H](O)CCC/C=C/C=C/C=C/C(=O)N[C@@H](CCCN=C(N)N)C(=O)O)O2)O[C@H](C)[C@@H]1C. The number of aliphatic hydroxyl groups excluding tert-OH is 2. The zero-order valence-electron chi connectivity index (χ0n) is 32.2. The third kappa shape index (κ3) is 14.6. The average molecular weight is 750 g/mol. The van der Waals surface area contributed by atoms with Crippen LogP contribution in [0.3, 0.4) is 0 Å². The minimum Gasteiger partial charge on any atom is -0.480 e. The summed E-state index contributed by atoms with van der Waals surface area (Å²) in [5, 5.41) is 36.6. The maximum atomic E-state index is 13.3. The molecule has 0 aromatic carbocycles. The third-order valence-corrected chi connectivity index (χ3v) is 10.0. The van der Waals surface area contributed by atoms with Crippen molar-refractivity contribution < 1.29 is 48.7 Å². The van der Waals surface area contributed by atoms with Crippen LogP contribution < -0.4 is 22.1 Å². The molecule has 2 heterocycles. The quantitative estimate of drug-likeness (QED) is 0.0171. The Morgan fingerprint density at radius 1 is 1.08 bits per heavy atom. The molecule has 0 radical (unpaired) electrons. The van der Waals surface area contributed by atoms with E-state index >= 15 is 0 Å². The van der Waals surface area contributed by atoms with E-state index in [9.17, 15) is 29.7 Å². The van der Waals surface area contributed by atoms with Crippen LogP contribution in [0.1, 0.15) is 85.5 Å². The van der Waals surface area contributed by atoms with Gasteiger partial charge >= 0.3 is 5.97 Å². The number of carbonyl (C=O) groups excluding carboxylic acids is 2. The molecule has 2 aliphatic heterocycles. The molecule has 2 amide bonds. The van der Waals surface area contributed by atoms with E-state index < -0.39 is 54.2 Å². The summed E-state index contributed by atoms with van der Waals surface area (Å²) in [6.07, 6.45) is 10.3. The summed E-state index contributed by atoms with van der Waals surface area (Å²) in [5.74, 6) is -3.97. The van der Waals surface area contributed by atoms with Crippen molar-refractivity contribution in [3.8, 4) is 0 Å². The van der Waals surface area contributed by atoms with E-state index in [1.54, 1.807) is 12.2 Å². The smallest absolute Gasteiger partial charge is 0.326 e. The summed E-state index contributed by atoms with van der Waals surface area (Å²) in [7, 11) is 2.86. The number of nitrogens with zero attached hydrogens (tertiary/aromatic N) is 1. The lowest BCUT2D eigenvalue weighted by Crippen LogP contribution is -2.61. The van der Waals surface area contributed by atoms with Crippen molar-refractivity contribution in [1.29, 1.82) is 0 Å². The number of nitrogens with one attached hydrogen (secondary N) is 2. The molecule has 0 aromatic heterocycles. The number of amides is 2. The van der Waals surface area contributed by atoms with Crippen LogP contribution in [0, 0.1) is 11.3 Å². The van der Waals surface area contributed by atoms with Gasteiger partial charge in [0, 0.05) is 45.6 Å². The average Bonchev–Trinajstić information content (AvgIpc) is 3.10. The third-order valence-electron chi connectivity index (χ3n) is 10.0. The lowest BCUT2D eigenvalue weighted by Gasteiger charge is -2.46. The molecule has 9 N–H and O–H groups in total. The van der Waals surface area contributed by atoms with Gasteiger partial charge in [-0.05, 0) is 57.3 Å². The highest BCUT2D eigenvalue weighted by atomic mass is 16.7. The molecule has 15 nitrogen and oxygen atoms in total. The maximum absolute atomic E-state index is 13.3. The second-order valence-electron chi connectivity index (χ2n) is 14.6. The zero-order chi connectivity index (χ0) is 39.8. The normalized spacial score (nSPS) is 27.0. The Morgan fingerprint density at radius 3 is 2.40 bits per heavy atom. The van der Waals surface area contributed by atoms with Crippen molar-refractivity contribution in [3.05, 3.63) is 48.6 Å². The molecule has 0 spiro atoms. The summed E-state index contributed by atoms with van der Waals surface area (Å²) >= 11 is 0. The van der Waals surface area contributed by atoms with Crippen molar-refractivity contribution in [2.75, 3.05) is 20.8 Å². The Labute approximate surface area is 313 Å². The van der Waals surface area contributed by atoms with E-state index in [2.05, 4.69) is 36.1 Å². The number of guanidine groups is 1. The fourth-order valence-electron chi connectivity index (χ4n) is 6.38. The Morgan fingerprint density at radius 2 is 1.77 bits per heavy atom. The zero-order valence-corrected chi connectivity index (χ0v) is 32.2. The van der Waals surface area contributed by atoms with E-state index in [0.717, 1.165) is 24.8 Å². The first-order valence-electron chi connectivity index (χ1n) is 18.3. The number of aliphatic imine (C=N–C) groups is 1. The molecule has 300 valence electrons. The van der Waals surface area contributed by atoms with Gasteiger partial charge in [-0.25, -0.2) is 4.79 Å². The van der Waals surface area contributed by atoms with Gasteiger partial charge in [0.05, 0.1) is 18.3 Å². The van der Waals surface area contributed by atoms with Crippen molar-refractivity contribution in [3.63, 3.8) is 0 Å². The van der Waals surface area contributed by atoms with Gasteiger partial charge in [-0.3, -0.25) is 14.6 Å². The molecular weight excluding hydrogens is 686 g/mol. The molecule has 0 unspecified atom stereocenters. The van der Waals surface area contributed by atoms with E-state index in [-0.39, 0.29) is 48.9 Å². The van der Waals surface area contributed by atoms with E-state index in [0.29, 0.717) is 25.7 Å². The Kier molecular flexibility index (Phi) is 18.9. The van der Waals surface area contributed by atoms with Crippen LogP contribution in [-0.2, 0) is 33.3 Å². The summed E-state index contributed by atoms with van der Waals surface area (Å²) in [6, 6.07) is -1.05. The summed E-state index contributed by atoms with van der Waals surface area (Å²) < 4.78 is 23.7. The van der Waals surface area contributed by atoms with Crippen molar-refractivity contribution >= 4 is 23.7 Å². The fraction of sp³-hybridized carbons (Fsp3) is 0.684. The number of aliphatic carboxylic acids is 1. The van der Waals surface area contributed by atoms with Gasteiger partial charge in [0.1, 0.15) is 12.1 Å². The van der Waals surface area contributed by atoms with Gasteiger partial charge in [0.15, 0.2) is 18.3 Å². The number of aliphatic hydroxyl groups is 2. The molecule has 2 saturated heterocycles. The van der Waals surface area contributed by atoms with Gasteiger partial charge in [0.2, 0.25) is 11.7 Å². The summed E-state index contributed by atoms with van der Waals surface area (Å²) in [6.45, 7) is 12.4. The molecule has 15 heteroatoms. The number of allylic oxidation sites excluding steroid dienone is 5. The van der Waals surface area contributed by atoms with Gasteiger partial charge in [-0.2, -0.15) is 0 Å². The number of hydrogen-bond acceptors (Lipinski definition) is 10. The number of nitrogens with two attached hydrogens (primary N) is 2. The molecule has 9 atom stereocenters. The Hall–Kier alpha value is -3.60. The van der Waals surface area contributed by atoms with Gasteiger partial charge in [-0.1, -0.05) is 63.3 Å². The highest BCUT2D eigenvalue weighted by Crippen LogP contribution is 2.40. The fourth-order valence-corrected chi connectivity index (χ4v) is 6.38. The molecule has 0 aromatic rings. The predicted octanol–water partition coefficient (Wildman–Crippen LogP) is 2.57. The second-order valence-corrected chi connectivity index (χ2v) is 14.6. The van der Waals surface area contributed by atoms with Crippen molar-refractivity contribution in [1.82, 2.24) is 10.6 Å². The molecule has 0 bridgehead atoms. The summed E-state index contributed by atoms with van der Waals surface area (Å²) in [4.78, 5) is 40.6. The number of carboxylic acids is 1.